The van der Waals surface area contributed by atoms with Crippen LogP contribution in [0.4, 0.5) is 9.18 Å². The molecule has 120 valence electrons. The summed E-state index contributed by atoms with van der Waals surface area (Å²) >= 11 is 0. The van der Waals surface area contributed by atoms with Crippen LogP contribution in [0.1, 0.15) is 38.8 Å². The van der Waals surface area contributed by atoms with Crippen LogP contribution in [-0.4, -0.2) is 27.7 Å². The van der Waals surface area contributed by atoms with Gasteiger partial charge >= 0.3 is 6.09 Å². The smallest absolute Gasteiger partial charge is 0.408 e. The van der Waals surface area contributed by atoms with Crippen molar-refractivity contribution in [3.63, 3.8) is 0 Å². The van der Waals surface area contributed by atoms with E-state index in [1.54, 1.807) is 39.8 Å². The Morgan fingerprint density at radius 1 is 1.45 bits per heavy atom. The van der Waals surface area contributed by atoms with Gasteiger partial charge in [0.15, 0.2) is 0 Å². The Morgan fingerprint density at radius 3 is 2.77 bits per heavy atom. The molecule has 1 aromatic carbocycles. The first kappa shape index (κ1) is 16.6. The maximum atomic E-state index is 14.1. The molecule has 1 aliphatic heterocycles. The second-order valence-corrected chi connectivity index (χ2v) is 7.20. The van der Waals surface area contributed by atoms with Gasteiger partial charge in [0.05, 0.1) is 17.5 Å². The van der Waals surface area contributed by atoms with E-state index in [2.05, 4.69) is 9.71 Å². The summed E-state index contributed by atoms with van der Waals surface area (Å²) in [6.07, 6.45) is -0.628. The quantitative estimate of drug-likeness (QED) is 0.908. The predicted molar refractivity (Wildman–Crippen MR) is 83.6 cm³/mol. The molecule has 0 saturated heterocycles. The van der Waals surface area contributed by atoms with Crippen LogP contribution in [-0.2, 0) is 21.5 Å². The van der Waals surface area contributed by atoms with E-state index in [0.717, 1.165) is 0 Å². The van der Waals surface area contributed by atoms with Gasteiger partial charge in [-0.15, -0.1) is 0 Å². The predicted octanol–water partition coefficient (Wildman–Crippen LogP) is 2.71. The fourth-order valence-corrected chi connectivity index (χ4v) is 3.18. The molecule has 1 heterocycles. The lowest BCUT2D eigenvalue weighted by Crippen LogP contribution is -2.43. The number of benzene rings is 1. The maximum Gasteiger partial charge on any atom is 0.408 e. The fraction of sp³-hybridized carbons (Fsp3) is 0.467. The van der Waals surface area contributed by atoms with Crippen molar-refractivity contribution >= 4 is 22.8 Å². The number of rotatable bonds is 2. The third kappa shape index (κ3) is 3.91. The fourth-order valence-electron chi connectivity index (χ4n) is 2.14. The average Bonchev–Trinajstić information content (AvgIpc) is 2.35. The van der Waals surface area contributed by atoms with Gasteiger partial charge in [0.25, 0.3) is 0 Å². The maximum absolute atomic E-state index is 14.1. The van der Waals surface area contributed by atoms with Crippen molar-refractivity contribution < 1.29 is 18.1 Å². The zero-order chi connectivity index (χ0) is 16.5. The van der Waals surface area contributed by atoms with E-state index in [1.165, 1.54) is 6.07 Å². The first-order valence-electron chi connectivity index (χ1n) is 6.92. The molecule has 1 unspecified atom stereocenters. The summed E-state index contributed by atoms with van der Waals surface area (Å²) in [5.74, 6) is -0.263. The summed E-state index contributed by atoms with van der Waals surface area (Å²) in [6.45, 7) is 6.90. The number of amides is 1. The van der Waals surface area contributed by atoms with Crippen LogP contribution >= 0.6 is 0 Å². The van der Waals surface area contributed by atoms with Gasteiger partial charge in [0, 0.05) is 5.56 Å². The number of nitrogens with zero attached hydrogens (tertiary/aromatic N) is 1. The summed E-state index contributed by atoms with van der Waals surface area (Å²) in [4.78, 5) is 11.8. The normalized spacial score (nSPS) is 19.0. The number of ether oxygens (including phenoxy) is 1. The van der Waals surface area contributed by atoms with Crippen LogP contribution in [0.3, 0.4) is 0 Å². The number of fused-ring (bicyclic) bond motifs is 1. The van der Waals surface area contributed by atoms with Crippen LogP contribution in [0.15, 0.2) is 22.6 Å². The highest BCUT2D eigenvalue weighted by molar-refractivity contribution is 7.83. The van der Waals surface area contributed by atoms with E-state index in [4.69, 9.17) is 4.74 Å². The third-order valence-corrected chi connectivity index (χ3v) is 3.94. The Labute approximate surface area is 131 Å². The SMILES string of the molecule is C[C@H](NC(=O)OC(C)(C)C)C1=NS(=O)Cc2cccc(F)c21. The molecule has 0 spiro atoms. The number of carbonyl (C=O) groups excluding carboxylic acids is 1. The molecule has 0 fully saturated rings. The number of nitrogens with one attached hydrogen (secondary N) is 1. The first-order chi connectivity index (χ1) is 10.2. The Bertz CT molecular complexity index is 653. The van der Waals surface area contributed by atoms with E-state index in [9.17, 15) is 13.4 Å². The van der Waals surface area contributed by atoms with Gasteiger partial charge in [-0.05, 0) is 39.3 Å². The minimum atomic E-state index is -1.47. The number of alkyl carbamates (subject to hydrolysis) is 1. The highest BCUT2D eigenvalue weighted by Gasteiger charge is 2.27. The Kier molecular flexibility index (Phi) is 4.65. The summed E-state index contributed by atoms with van der Waals surface area (Å²) in [5.41, 5.74) is 0.569. The van der Waals surface area contributed by atoms with Gasteiger partial charge in [0.1, 0.15) is 22.4 Å². The third-order valence-electron chi connectivity index (χ3n) is 2.98. The summed E-state index contributed by atoms with van der Waals surface area (Å²) in [7, 11) is -1.47. The second kappa shape index (κ2) is 6.16. The largest absolute Gasteiger partial charge is 0.444 e. The monoisotopic (exact) mass is 326 g/mol. The zero-order valence-corrected chi connectivity index (χ0v) is 13.8. The lowest BCUT2D eigenvalue weighted by atomic mass is 9.99. The summed E-state index contributed by atoms with van der Waals surface area (Å²) < 4.78 is 35.1. The minimum absolute atomic E-state index is 0.176. The molecular formula is C15H19FN2O3S. The molecule has 0 aliphatic carbocycles. The van der Waals surface area contributed by atoms with E-state index in [0.29, 0.717) is 11.1 Å². The lowest BCUT2D eigenvalue weighted by molar-refractivity contribution is 0.0521. The van der Waals surface area contributed by atoms with Gasteiger partial charge in [-0.2, -0.15) is 4.40 Å². The molecule has 22 heavy (non-hydrogen) atoms. The summed E-state index contributed by atoms with van der Waals surface area (Å²) in [5, 5.41) is 2.60. The van der Waals surface area contributed by atoms with E-state index in [-0.39, 0.29) is 11.5 Å². The zero-order valence-electron chi connectivity index (χ0n) is 13.0. The molecule has 0 aromatic heterocycles. The highest BCUT2D eigenvalue weighted by Crippen LogP contribution is 2.23. The van der Waals surface area contributed by atoms with Crippen LogP contribution in [0, 0.1) is 5.82 Å². The van der Waals surface area contributed by atoms with Crippen LogP contribution < -0.4 is 5.32 Å². The Hall–Kier alpha value is -1.76. The van der Waals surface area contributed by atoms with Crippen molar-refractivity contribution in [1.82, 2.24) is 5.32 Å². The topological polar surface area (TPSA) is 67.8 Å². The van der Waals surface area contributed by atoms with Gasteiger partial charge in [0.2, 0.25) is 0 Å². The number of hydrogen-bond acceptors (Lipinski definition) is 3. The van der Waals surface area contributed by atoms with Crippen molar-refractivity contribution in [2.45, 2.75) is 45.1 Å². The standard InChI is InChI=1S/C15H19FN2O3S/c1-9(17-14(19)21-15(2,3)4)13-12-10(8-22(20)18-13)6-5-7-11(12)16/h5-7,9H,8H2,1-4H3,(H,17,19)/t9-,22?/m0/s1. The Balaban J connectivity index is 2.25. The van der Waals surface area contributed by atoms with Crippen molar-refractivity contribution in [3.8, 4) is 0 Å². The van der Waals surface area contributed by atoms with Gasteiger partial charge in [-0.25, -0.2) is 13.4 Å². The average molecular weight is 326 g/mol. The van der Waals surface area contributed by atoms with Crippen molar-refractivity contribution in [1.29, 1.82) is 0 Å². The molecule has 1 amide bonds. The van der Waals surface area contributed by atoms with E-state index < -0.39 is 34.5 Å². The Morgan fingerprint density at radius 2 is 2.14 bits per heavy atom. The van der Waals surface area contributed by atoms with Crippen molar-refractivity contribution in [2.75, 3.05) is 0 Å². The molecule has 1 aromatic rings. The second-order valence-electron chi connectivity index (χ2n) is 6.08. The van der Waals surface area contributed by atoms with Crippen molar-refractivity contribution in [2.24, 2.45) is 4.40 Å². The molecule has 1 N–H and O–H groups in total. The van der Waals surface area contributed by atoms with Gasteiger partial charge in [-0.3, -0.25) is 0 Å². The van der Waals surface area contributed by atoms with Gasteiger partial charge < -0.3 is 10.1 Å². The molecule has 2 atom stereocenters. The van der Waals surface area contributed by atoms with E-state index >= 15 is 0 Å². The molecule has 2 rings (SSSR count). The molecule has 1 aliphatic rings. The molecule has 7 heteroatoms. The summed E-state index contributed by atoms with van der Waals surface area (Å²) in [6, 6.07) is 3.99. The highest BCUT2D eigenvalue weighted by atomic mass is 32.2. The van der Waals surface area contributed by atoms with Crippen molar-refractivity contribution in [3.05, 3.63) is 35.1 Å². The molecule has 0 bridgehead atoms. The molecule has 0 radical (unpaired) electrons. The van der Waals surface area contributed by atoms with Crippen LogP contribution in [0.5, 0.6) is 0 Å². The molecule has 0 saturated carbocycles. The number of carbonyl (C=O) groups is 1. The minimum Gasteiger partial charge on any atom is -0.444 e. The van der Waals surface area contributed by atoms with Crippen LogP contribution in [0.2, 0.25) is 0 Å². The molecule has 5 nitrogen and oxygen atoms in total. The number of hydrogen-bond donors (Lipinski definition) is 1. The van der Waals surface area contributed by atoms with Crippen LogP contribution in [0.25, 0.3) is 0 Å². The first-order valence-corrected chi connectivity index (χ1v) is 8.19. The molecular weight excluding hydrogens is 307 g/mol. The van der Waals surface area contributed by atoms with E-state index in [1.807, 2.05) is 0 Å². The number of halogens is 1. The van der Waals surface area contributed by atoms with Gasteiger partial charge in [-0.1, -0.05) is 12.1 Å². The lowest BCUT2D eigenvalue weighted by Gasteiger charge is -2.24.